The third kappa shape index (κ3) is 2.37. The van der Waals surface area contributed by atoms with Gasteiger partial charge in [0.15, 0.2) is 0 Å². The van der Waals surface area contributed by atoms with Crippen molar-refractivity contribution in [3.8, 4) is 0 Å². The monoisotopic (exact) mass is 302 g/mol. The lowest BCUT2D eigenvalue weighted by molar-refractivity contribution is -0.158. The minimum atomic E-state index is -1.03. The molecule has 0 aromatic heterocycles. The molecule has 1 aliphatic rings. The largest absolute Gasteiger partial charge is 0.468 e. The third-order valence-corrected chi connectivity index (χ3v) is 5.32. The van der Waals surface area contributed by atoms with Crippen molar-refractivity contribution in [1.29, 1.82) is 0 Å². The minimum Gasteiger partial charge on any atom is -0.468 e. The van der Waals surface area contributed by atoms with E-state index in [1.54, 1.807) is 0 Å². The van der Waals surface area contributed by atoms with Crippen molar-refractivity contribution in [3.63, 3.8) is 0 Å². The van der Waals surface area contributed by atoms with Crippen LogP contribution in [0.25, 0.3) is 0 Å². The van der Waals surface area contributed by atoms with Gasteiger partial charge in [-0.2, -0.15) is 0 Å². The molecule has 0 spiro atoms. The molecule has 120 valence electrons. The maximum atomic E-state index is 12.6. The van der Waals surface area contributed by atoms with Crippen LogP contribution < -0.4 is 0 Å². The van der Waals surface area contributed by atoms with Crippen molar-refractivity contribution in [3.05, 3.63) is 34.4 Å². The van der Waals surface area contributed by atoms with Crippen LogP contribution in [0.4, 0.5) is 0 Å². The van der Waals surface area contributed by atoms with Crippen molar-refractivity contribution >= 4 is 11.8 Å². The van der Waals surface area contributed by atoms with Crippen molar-refractivity contribution in [1.82, 2.24) is 0 Å². The van der Waals surface area contributed by atoms with E-state index < -0.39 is 5.41 Å². The molecule has 0 bridgehead atoms. The molecule has 0 N–H and O–H groups in total. The second-order valence-electron chi connectivity index (χ2n) is 6.83. The molecule has 1 aromatic rings. The number of ketones is 1. The number of aryl methyl sites for hydroxylation is 3. The van der Waals surface area contributed by atoms with E-state index in [0.29, 0.717) is 6.42 Å². The van der Waals surface area contributed by atoms with Crippen LogP contribution in [0, 0.1) is 32.1 Å². The normalized spacial score (nSPS) is 27.7. The molecule has 0 aliphatic heterocycles. The summed E-state index contributed by atoms with van der Waals surface area (Å²) in [5.41, 5.74) is 3.64. The predicted molar refractivity (Wildman–Crippen MR) is 86.9 cm³/mol. The summed E-state index contributed by atoms with van der Waals surface area (Å²) in [4.78, 5) is 25.0. The van der Waals surface area contributed by atoms with Gasteiger partial charge in [-0.25, -0.2) is 0 Å². The molecule has 0 heterocycles. The van der Waals surface area contributed by atoms with E-state index >= 15 is 0 Å². The second-order valence-corrected chi connectivity index (χ2v) is 6.83. The molecule has 22 heavy (non-hydrogen) atoms. The molecular weight excluding hydrogens is 276 g/mol. The fourth-order valence-corrected chi connectivity index (χ4v) is 4.43. The van der Waals surface area contributed by atoms with Gasteiger partial charge in [-0.3, -0.25) is 9.59 Å². The minimum absolute atomic E-state index is 0.0759. The molecule has 0 amide bonds. The lowest BCUT2D eigenvalue weighted by Crippen LogP contribution is -2.42. The molecule has 3 nitrogen and oxygen atoms in total. The van der Waals surface area contributed by atoms with Crippen LogP contribution in [0.15, 0.2) is 12.1 Å². The summed E-state index contributed by atoms with van der Waals surface area (Å²) >= 11 is 0. The van der Waals surface area contributed by atoms with E-state index in [9.17, 15) is 9.59 Å². The first-order chi connectivity index (χ1) is 10.3. The van der Waals surface area contributed by atoms with Crippen LogP contribution in [0.5, 0.6) is 0 Å². The Bertz CT molecular complexity index is 594. The van der Waals surface area contributed by atoms with E-state index in [1.807, 2.05) is 0 Å². The topological polar surface area (TPSA) is 43.4 Å². The Morgan fingerprint density at radius 1 is 1.18 bits per heavy atom. The number of methoxy groups -OCH3 is 1. The fourth-order valence-electron chi connectivity index (χ4n) is 4.43. The van der Waals surface area contributed by atoms with E-state index in [2.05, 4.69) is 39.8 Å². The predicted octanol–water partition coefficient (Wildman–Crippen LogP) is 3.87. The summed E-state index contributed by atoms with van der Waals surface area (Å²) in [5.74, 6) is -0.275. The maximum absolute atomic E-state index is 12.6. The number of carbonyl (C=O) groups excluding carboxylic acids is 2. The summed E-state index contributed by atoms with van der Waals surface area (Å²) in [7, 11) is 1.38. The Labute approximate surface area is 133 Å². The molecule has 0 saturated heterocycles. The fraction of sp³-hybridized carbons (Fsp3) is 0.579. The van der Waals surface area contributed by atoms with Gasteiger partial charge in [0.05, 0.1) is 7.11 Å². The summed E-state index contributed by atoms with van der Waals surface area (Å²) in [5, 5.41) is 0. The Balaban J connectivity index is 2.69. The molecule has 3 atom stereocenters. The summed E-state index contributed by atoms with van der Waals surface area (Å²) in [6.45, 7) is 9.88. The lowest BCUT2D eigenvalue weighted by Gasteiger charge is -2.34. The van der Waals surface area contributed by atoms with Crippen LogP contribution in [0.1, 0.15) is 54.9 Å². The number of hydrogen-bond acceptors (Lipinski definition) is 3. The highest BCUT2D eigenvalue weighted by molar-refractivity contribution is 6.04. The highest BCUT2D eigenvalue weighted by Gasteiger charge is 2.57. The van der Waals surface area contributed by atoms with Gasteiger partial charge in [-0.15, -0.1) is 0 Å². The molecule has 3 heteroatoms. The first-order valence-corrected chi connectivity index (χ1v) is 7.93. The molecule has 1 aliphatic carbocycles. The number of ether oxygens (including phenoxy) is 1. The van der Waals surface area contributed by atoms with Crippen LogP contribution in [0.3, 0.4) is 0 Å². The van der Waals surface area contributed by atoms with Gasteiger partial charge in [0.25, 0.3) is 0 Å². The number of benzene rings is 1. The number of hydrogen-bond donors (Lipinski definition) is 0. The smallest absolute Gasteiger partial charge is 0.319 e. The zero-order chi connectivity index (χ0) is 16.7. The first kappa shape index (κ1) is 16.7. The zero-order valence-corrected chi connectivity index (χ0v) is 14.4. The number of rotatable bonds is 3. The van der Waals surface area contributed by atoms with Gasteiger partial charge in [0.1, 0.15) is 11.2 Å². The van der Waals surface area contributed by atoms with Crippen molar-refractivity contribution in [2.75, 3.05) is 7.11 Å². The molecular formula is C19H26O3. The van der Waals surface area contributed by atoms with Crippen molar-refractivity contribution < 1.29 is 14.3 Å². The average molecular weight is 302 g/mol. The van der Waals surface area contributed by atoms with Gasteiger partial charge in [0, 0.05) is 5.92 Å². The van der Waals surface area contributed by atoms with E-state index in [4.69, 9.17) is 4.74 Å². The van der Waals surface area contributed by atoms with Crippen LogP contribution in [-0.4, -0.2) is 18.9 Å². The summed E-state index contributed by atoms with van der Waals surface area (Å²) in [6.07, 6.45) is 1.44. The molecule has 1 saturated carbocycles. The Morgan fingerprint density at radius 3 is 2.18 bits per heavy atom. The summed E-state index contributed by atoms with van der Waals surface area (Å²) in [6, 6.07) is 4.27. The molecule has 0 radical (unpaired) electrons. The van der Waals surface area contributed by atoms with Crippen LogP contribution in [-0.2, 0) is 14.3 Å². The maximum Gasteiger partial charge on any atom is 0.319 e. The Morgan fingerprint density at radius 2 is 1.73 bits per heavy atom. The lowest BCUT2D eigenvalue weighted by atomic mass is 9.67. The highest BCUT2D eigenvalue weighted by atomic mass is 16.5. The van der Waals surface area contributed by atoms with Gasteiger partial charge in [-0.05, 0) is 63.1 Å². The first-order valence-electron chi connectivity index (χ1n) is 7.93. The Kier molecular flexibility index (Phi) is 4.46. The third-order valence-electron chi connectivity index (χ3n) is 5.32. The molecule has 3 unspecified atom stereocenters. The van der Waals surface area contributed by atoms with Crippen molar-refractivity contribution in [2.45, 2.75) is 53.4 Å². The van der Waals surface area contributed by atoms with Crippen LogP contribution in [0.2, 0.25) is 0 Å². The number of Topliss-reactive ketones (excluding diaryl/α,β-unsaturated/α-hetero) is 1. The number of carbonyl (C=O) groups is 2. The molecule has 1 aromatic carbocycles. The SMILES string of the molecule is COC(=O)C1(C(C)=O)CCC(C)C1c1c(C)cc(C)cc1C. The highest BCUT2D eigenvalue weighted by Crippen LogP contribution is 2.55. The van der Waals surface area contributed by atoms with Gasteiger partial charge in [0.2, 0.25) is 0 Å². The second kappa shape index (κ2) is 5.86. The molecule has 2 rings (SSSR count). The quantitative estimate of drug-likeness (QED) is 0.629. The number of esters is 1. The van der Waals surface area contributed by atoms with E-state index in [1.165, 1.54) is 19.6 Å². The average Bonchev–Trinajstić information content (AvgIpc) is 2.76. The standard InChI is InChI=1S/C19H26O3/c1-11-9-13(3)16(14(4)10-11)17-12(2)7-8-19(17,15(5)20)18(21)22-6/h9-10,12,17H,7-8H2,1-6H3. The van der Waals surface area contributed by atoms with Crippen molar-refractivity contribution in [2.24, 2.45) is 11.3 Å². The van der Waals surface area contributed by atoms with Gasteiger partial charge < -0.3 is 4.74 Å². The summed E-state index contributed by atoms with van der Waals surface area (Å²) < 4.78 is 5.04. The van der Waals surface area contributed by atoms with Gasteiger partial charge in [-0.1, -0.05) is 24.6 Å². The van der Waals surface area contributed by atoms with Crippen LogP contribution >= 0.6 is 0 Å². The van der Waals surface area contributed by atoms with E-state index in [-0.39, 0.29) is 23.6 Å². The van der Waals surface area contributed by atoms with E-state index in [0.717, 1.165) is 23.1 Å². The Hall–Kier alpha value is -1.64. The molecule has 1 fully saturated rings. The van der Waals surface area contributed by atoms with Gasteiger partial charge >= 0.3 is 5.97 Å². The zero-order valence-electron chi connectivity index (χ0n) is 14.4.